The van der Waals surface area contributed by atoms with E-state index in [0.29, 0.717) is 4.57 Å². The summed E-state index contributed by atoms with van der Waals surface area (Å²) in [5.74, 6) is -4.38. The largest absolute Gasteiger partial charge is 0.550 e. The highest BCUT2D eigenvalue weighted by molar-refractivity contribution is 6.30. The molecule has 0 radical (unpaired) electrons. The van der Waals surface area contributed by atoms with E-state index in [4.69, 9.17) is 21.1 Å². The number of carbonyl (C=O) groups is 1. The fourth-order valence-corrected chi connectivity index (χ4v) is 3.76. The second-order valence-corrected chi connectivity index (χ2v) is 7.30. The van der Waals surface area contributed by atoms with Crippen molar-refractivity contribution in [2.45, 2.75) is 24.8 Å². The number of hydrogen-bond donors (Lipinski definition) is 0. The first-order valence-electron chi connectivity index (χ1n) is 9.11. The minimum atomic E-state index is -4.92. The van der Waals surface area contributed by atoms with Gasteiger partial charge in [-0.15, -0.1) is 10.2 Å². The Kier molecular flexibility index (Phi) is 5.55. The Balaban J connectivity index is 2.03. The molecule has 0 saturated carbocycles. The molecule has 0 unspecified atom stereocenters. The Morgan fingerprint density at radius 2 is 2.00 bits per heavy atom. The minimum Gasteiger partial charge on any atom is -0.550 e. The second-order valence-electron chi connectivity index (χ2n) is 6.86. The molecule has 0 bridgehead atoms. The number of halogens is 5. The lowest BCUT2D eigenvalue weighted by Gasteiger charge is -2.23. The average Bonchev–Trinajstić information content (AvgIpc) is 3.12. The molecule has 0 aliphatic carbocycles. The number of methoxy groups -OCH3 is 1. The summed E-state index contributed by atoms with van der Waals surface area (Å²) < 4.78 is 67.7. The van der Waals surface area contributed by atoms with E-state index >= 15 is 4.39 Å². The topological polar surface area (TPSA) is 89.3 Å². The van der Waals surface area contributed by atoms with Crippen molar-refractivity contribution in [3.8, 4) is 11.4 Å². The van der Waals surface area contributed by atoms with Gasteiger partial charge in [0.1, 0.15) is 12.2 Å². The van der Waals surface area contributed by atoms with Crippen molar-refractivity contribution in [3.63, 3.8) is 0 Å². The summed E-state index contributed by atoms with van der Waals surface area (Å²) in [6.07, 6.45) is -8.65. The Morgan fingerprint density at radius 3 is 2.66 bits per heavy atom. The summed E-state index contributed by atoms with van der Waals surface area (Å²) in [7, 11) is 1.25. The van der Waals surface area contributed by atoms with Gasteiger partial charge in [0.25, 0.3) is 0 Å². The van der Waals surface area contributed by atoms with Gasteiger partial charge in [-0.05, 0) is 24.3 Å². The fraction of sp³-hybridized carbons (Fsp3) is 0.250. The van der Waals surface area contributed by atoms with E-state index in [2.05, 4.69) is 10.2 Å². The van der Waals surface area contributed by atoms with Crippen molar-refractivity contribution in [1.29, 1.82) is 0 Å². The molecule has 7 nitrogen and oxygen atoms in total. The molecule has 2 heterocycles. The maximum absolute atomic E-state index is 15.1. The number of benzene rings is 2. The number of ether oxygens (including phenoxy) is 2. The van der Waals surface area contributed by atoms with E-state index in [9.17, 15) is 23.1 Å². The van der Waals surface area contributed by atoms with Crippen LogP contribution in [0.1, 0.15) is 41.4 Å². The van der Waals surface area contributed by atoms with Crippen molar-refractivity contribution in [2.24, 2.45) is 0 Å². The average molecular weight is 471 g/mol. The molecule has 0 saturated heterocycles. The molecule has 1 aliphatic rings. The molecular weight excluding hydrogens is 458 g/mol. The molecule has 0 amide bonds. The zero-order valence-electron chi connectivity index (χ0n) is 16.2. The molecule has 1 aromatic heterocycles. The van der Waals surface area contributed by atoms with Gasteiger partial charge in [-0.1, -0.05) is 23.7 Å². The molecule has 3 aromatic rings. The summed E-state index contributed by atoms with van der Waals surface area (Å²) in [5, 5.41) is 18.2. The van der Waals surface area contributed by atoms with Crippen LogP contribution in [0.4, 0.5) is 17.6 Å². The number of carboxylic acids is 1. The summed E-state index contributed by atoms with van der Waals surface area (Å²) in [4.78, 5) is 11.3. The monoisotopic (exact) mass is 470 g/mol. The summed E-state index contributed by atoms with van der Waals surface area (Å²) in [6, 6.07) is 8.08. The van der Waals surface area contributed by atoms with Crippen LogP contribution >= 0.6 is 11.6 Å². The van der Waals surface area contributed by atoms with E-state index in [1.165, 1.54) is 43.5 Å². The highest BCUT2D eigenvalue weighted by Crippen LogP contribution is 2.44. The lowest BCUT2D eigenvalue weighted by Crippen LogP contribution is -2.27. The molecule has 0 N–H and O–H groups in total. The third-order valence-electron chi connectivity index (χ3n) is 4.89. The number of fused-ring (bicyclic) bond motifs is 3. The zero-order valence-corrected chi connectivity index (χ0v) is 16.9. The number of aromatic nitrogens is 3. The van der Waals surface area contributed by atoms with Crippen LogP contribution in [-0.2, 0) is 15.7 Å². The van der Waals surface area contributed by atoms with Crippen molar-refractivity contribution >= 4 is 17.6 Å². The molecule has 168 valence electrons. The summed E-state index contributed by atoms with van der Waals surface area (Å²) in [6.45, 7) is 0. The third-order valence-corrected chi connectivity index (χ3v) is 5.13. The van der Waals surface area contributed by atoms with Crippen LogP contribution in [0.3, 0.4) is 0 Å². The van der Waals surface area contributed by atoms with Gasteiger partial charge in [0.15, 0.2) is 17.4 Å². The Hall–Kier alpha value is -3.18. The van der Waals surface area contributed by atoms with E-state index < -0.39 is 48.2 Å². The van der Waals surface area contributed by atoms with Gasteiger partial charge in [0.2, 0.25) is 5.82 Å². The van der Waals surface area contributed by atoms with Gasteiger partial charge in [-0.2, -0.15) is 13.2 Å². The Bertz CT molecular complexity index is 1200. The SMILES string of the molecule is COc1cccc([C@H]2O[C@H](CC(=O)[O-])c3nnc(C(F)(F)F)n3-c3ccc(Cl)cc32)c1F. The van der Waals surface area contributed by atoms with Gasteiger partial charge < -0.3 is 19.4 Å². The van der Waals surface area contributed by atoms with Gasteiger partial charge >= 0.3 is 6.18 Å². The number of hydrogen-bond acceptors (Lipinski definition) is 6. The lowest BCUT2D eigenvalue weighted by atomic mass is 9.98. The molecule has 32 heavy (non-hydrogen) atoms. The number of aliphatic carboxylic acids is 1. The minimum absolute atomic E-state index is 0.0528. The summed E-state index contributed by atoms with van der Waals surface area (Å²) >= 11 is 6.09. The van der Waals surface area contributed by atoms with Crippen molar-refractivity contribution in [1.82, 2.24) is 14.8 Å². The molecule has 2 aromatic carbocycles. The van der Waals surface area contributed by atoms with E-state index in [-0.39, 0.29) is 27.6 Å². The van der Waals surface area contributed by atoms with Crippen molar-refractivity contribution < 1.29 is 36.9 Å². The number of alkyl halides is 3. The van der Waals surface area contributed by atoms with Crippen LogP contribution in [-0.4, -0.2) is 27.8 Å². The number of nitrogens with zero attached hydrogens (tertiary/aromatic N) is 3. The predicted molar refractivity (Wildman–Crippen MR) is 99.6 cm³/mol. The van der Waals surface area contributed by atoms with Gasteiger partial charge in [-0.25, -0.2) is 4.39 Å². The van der Waals surface area contributed by atoms with E-state index in [0.717, 1.165) is 0 Å². The highest BCUT2D eigenvalue weighted by Gasteiger charge is 2.43. The van der Waals surface area contributed by atoms with Gasteiger partial charge in [0, 0.05) is 28.5 Å². The maximum Gasteiger partial charge on any atom is 0.452 e. The molecule has 2 atom stereocenters. The Labute approximate surface area is 183 Å². The van der Waals surface area contributed by atoms with Crippen LogP contribution in [0.5, 0.6) is 5.75 Å². The van der Waals surface area contributed by atoms with Crippen molar-refractivity contribution in [3.05, 3.63) is 70.0 Å². The molecule has 12 heteroatoms. The molecule has 0 spiro atoms. The first-order valence-corrected chi connectivity index (χ1v) is 9.49. The van der Waals surface area contributed by atoms with Crippen LogP contribution < -0.4 is 9.84 Å². The quantitative estimate of drug-likeness (QED) is 0.543. The lowest BCUT2D eigenvalue weighted by molar-refractivity contribution is -0.308. The van der Waals surface area contributed by atoms with E-state index in [1.807, 2.05) is 0 Å². The van der Waals surface area contributed by atoms with E-state index in [1.54, 1.807) is 0 Å². The van der Waals surface area contributed by atoms with Gasteiger partial charge in [-0.3, -0.25) is 4.57 Å². The summed E-state index contributed by atoms with van der Waals surface area (Å²) in [5.41, 5.74) is -0.129. The third kappa shape index (κ3) is 3.78. The second kappa shape index (κ2) is 8.06. The molecular formula is C20H13ClF4N3O4-. The Morgan fingerprint density at radius 1 is 1.25 bits per heavy atom. The van der Waals surface area contributed by atoms with Crippen LogP contribution in [0.15, 0.2) is 36.4 Å². The number of carboxylic acid groups (broad SMARTS) is 1. The standard InChI is InChI=1S/C20H14ClF4N3O4/c1-31-13-4-2-3-10(16(13)22)17-11-7-9(21)5-6-12(11)28-18(14(32-17)8-15(29)30)26-27-19(28)20(23,24)25/h2-7,14,17H,8H2,1H3,(H,29,30)/p-1/t14-,17-/m1/s1. The maximum atomic E-state index is 15.1. The molecule has 1 aliphatic heterocycles. The first-order chi connectivity index (χ1) is 15.1. The predicted octanol–water partition coefficient (Wildman–Crippen LogP) is 3.39. The van der Waals surface area contributed by atoms with Crippen molar-refractivity contribution in [2.75, 3.05) is 7.11 Å². The molecule has 0 fully saturated rings. The number of rotatable bonds is 4. The van der Waals surface area contributed by atoms with Crippen LogP contribution in [0.2, 0.25) is 5.02 Å². The highest BCUT2D eigenvalue weighted by atomic mass is 35.5. The van der Waals surface area contributed by atoms with Gasteiger partial charge in [0.05, 0.1) is 12.8 Å². The smallest absolute Gasteiger partial charge is 0.452 e. The van der Waals surface area contributed by atoms with Crippen LogP contribution in [0, 0.1) is 5.82 Å². The normalized spacial score (nSPS) is 17.9. The number of carbonyl (C=O) groups excluding carboxylic acids is 1. The van der Waals surface area contributed by atoms with Crippen LogP contribution in [0.25, 0.3) is 5.69 Å². The molecule has 4 rings (SSSR count). The fourth-order valence-electron chi connectivity index (χ4n) is 3.58. The first kappa shape index (κ1) is 22.0. The zero-order chi connectivity index (χ0) is 23.2.